The molecular weight excluding hydrogens is 242 g/mol. The van der Waals surface area contributed by atoms with Crippen LogP contribution in [0.3, 0.4) is 0 Å². The van der Waals surface area contributed by atoms with Gasteiger partial charge >= 0.3 is 0 Å². The van der Waals surface area contributed by atoms with Crippen LogP contribution >= 0.6 is 0 Å². The predicted octanol–water partition coefficient (Wildman–Crippen LogP) is 0.756. The Balaban J connectivity index is -0.000000224. The fourth-order valence-electron chi connectivity index (χ4n) is 0. The van der Waals surface area contributed by atoms with Crippen molar-refractivity contribution in [2.24, 2.45) is 0 Å². The van der Waals surface area contributed by atoms with E-state index < -0.39 is 22.4 Å². The zero-order chi connectivity index (χ0) is 16.7. The topological polar surface area (TPSA) is 80.9 Å². The van der Waals surface area contributed by atoms with Crippen LogP contribution in [0.4, 0.5) is 0 Å². The molecule has 0 aliphatic rings. The molecule has 0 bridgehead atoms. The van der Waals surface area contributed by atoms with Gasteiger partial charge < -0.3 is 20.4 Å². The maximum Gasteiger partial charge on any atom is 0.0872 e. The summed E-state index contributed by atoms with van der Waals surface area (Å²) in [6.45, 7) is 12.6. The molecule has 0 saturated heterocycles. The van der Waals surface area contributed by atoms with Gasteiger partial charge in [-0.25, -0.2) is 0 Å². The first-order valence-corrected chi connectivity index (χ1v) is 6.21. The molecule has 0 spiro atoms. The van der Waals surface area contributed by atoms with Crippen LogP contribution in [0.15, 0.2) is 0 Å². The van der Waals surface area contributed by atoms with Crippen LogP contribution in [-0.2, 0) is 0 Å². The molecule has 0 aliphatic heterocycles. The van der Waals surface area contributed by atoms with Crippen LogP contribution in [0.25, 0.3) is 0 Å². The second-order valence-electron chi connectivity index (χ2n) is 6.47. The standard InChI is InChI=1S/2C6H14O2.CH2B2/c2*1-5(2,7)6(3,4)8;2-1-3/h2*7-8H,1-4H3;1H2. The smallest absolute Gasteiger partial charge is 0.0872 e. The number of hydrogen-bond donors (Lipinski definition) is 4. The molecular formula is C13H30B2O4. The summed E-state index contributed by atoms with van der Waals surface area (Å²) in [6, 6.07) is 0. The Morgan fingerprint density at radius 1 is 0.526 bits per heavy atom. The summed E-state index contributed by atoms with van der Waals surface area (Å²) in [5.41, 5.74) is -4.03. The van der Waals surface area contributed by atoms with Gasteiger partial charge in [0.25, 0.3) is 0 Å². The molecule has 0 aromatic rings. The van der Waals surface area contributed by atoms with Crippen molar-refractivity contribution < 1.29 is 20.4 Å². The lowest BCUT2D eigenvalue weighted by molar-refractivity contribution is -0.107. The SMILES string of the molecule is CC(C)(O)C(C)(C)O.CC(C)(O)C(C)(C)O.[B]C[B]. The molecule has 19 heavy (non-hydrogen) atoms. The van der Waals surface area contributed by atoms with E-state index in [1.165, 1.54) is 0 Å². The summed E-state index contributed by atoms with van der Waals surface area (Å²) in [6.07, 6.45) is 0.250. The van der Waals surface area contributed by atoms with E-state index in [1.807, 2.05) is 0 Å². The monoisotopic (exact) mass is 272 g/mol. The van der Waals surface area contributed by atoms with Gasteiger partial charge in [0.05, 0.1) is 38.1 Å². The first kappa shape index (κ1) is 24.0. The predicted molar refractivity (Wildman–Crippen MR) is 81.5 cm³/mol. The summed E-state index contributed by atoms with van der Waals surface area (Å²) in [5, 5.41) is 36.4. The van der Waals surface area contributed by atoms with Gasteiger partial charge in [0, 0.05) is 0 Å². The van der Waals surface area contributed by atoms with Gasteiger partial charge in [-0.05, 0) is 55.4 Å². The van der Waals surface area contributed by atoms with E-state index in [9.17, 15) is 0 Å². The lowest BCUT2D eigenvalue weighted by Crippen LogP contribution is -2.44. The van der Waals surface area contributed by atoms with Crippen molar-refractivity contribution in [3.63, 3.8) is 0 Å². The zero-order valence-electron chi connectivity index (χ0n) is 13.7. The highest BCUT2D eigenvalue weighted by Gasteiger charge is 2.32. The molecule has 0 heterocycles. The van der Waals surface area contributed by atoms with E-state index in [4.69, 9.17) is 20.4 Å². The molecule has 4 N–H and O–H groups in total. The highest BCUT2D eigenvalue weighted by Crippen LogP contribution is 2.19. The van der Waals surface area contributed by atoms with Crippen LogP contribution < -0.4 is 0 Å². The van der Waals surface area contributed by atoms with Crippen molar-refractivity contribution in [1.82, 2.24) is 0 Å². The fourth-order valence-corrected chi connectivity index (χ4v) is 0. The number of aliphatic hydroxyl groups is 4. The maximum atomic E-state index is 9.10. The highest BCUT2D eigenvalue weighted by molar-refractivity contribution is 6.31. The Bertz CT molecular complexity index is 169. The van der Waals surface area contributed by atoms with Crippen LogP contribution in [0.1, 0.15) is 55.4 Å². The van der Waals surface area contributed by atoms with E-state index in [0.717, 1.165) is 0 Å². The minimum atomic E-state index is -1.01. The van der Waals surface area contributed by atoms with E-state index in [1.54, 1.807) is 55.4 Å². The van der Waals surface area contributed by atoms with Gasteiger partial charge in [0.15, 0.2) is 0 Å². The van der Waals surface area contributed by atoms with Crippen LogP contribution in [0.2, 0.25) is 6.22 Å². The van der Waals surface area contributed by atoms with Crippen LogP contribution in [0.5, 0.6) is 0 Å². The molecule has 4 radical (unpaired) electrons. The molecule has 0 aromatic heterocycles. The summed E-state index contributed by atoms with van der Waals surface area (Å²) >= 11 is 0. The Labute approximate surface area is 121 Å². The quantitative estimate of drug-likeness (QED) is 0.559. The molecule has 0 unspecified atom stereocenters. The second kappa shape index (κ2) is 8.30. The van der Waals surface area contributed by atoms with Crippen molar-refractivity contribution >= 4 is 15.7 Å². The summed E-state index contributed by atoms with van der Waals surface area (Å²) < 4.78 is 0. The van der Waals surface area contributed by atoms with Crippen LogP contribution in [0, 0.1) is 0 Å². The Hall–Kier alpha value is -0.0301. The van der Waals surface area contributed by atoms with Crippen LogP contribution in [-0.4, -0.2) is 58.5 Å². The summed E-state index contributed by atoms with van der Waals surface area (Å²) in [5.74, 6) is 0. The van der Waals surface area contributed by atoms with Gasteiger partial charge in [-0.2, -0.15) is 0 Å². The Morgan fingerprint density at radius 3 is 0.579 bits per heavy atom. The van der Waals surface area contributed by atoms with Crippen molar-refractivity contribution in [2.75, 3.05) is 0 Å². The molecule has 0 aromatic carbocycles. The molecule has 4 nitrogen and oxygen atoms in total. The van der Waals surface area contributed by atoms with Gasteiger partial charge in [0.1, 0.15) is 0 Å². The molecule has 0 atom stereocenters. The molecule has 112 valence electrons. The van der Waals surface area contributed by atoms with Crippen molar-refractivity contribution in [3.8, 4) is 0 Å². The summed E-state index contributed by atoms with van der Waals surface area (Å²) in [7, 11) is 9.25. The first-order chi connectivity index (χ1) is 7.91. The van der Waals surface area contributed by atoms with Crippen molar-refractivity contribution in [3.05, 3.63) is 0 Å². The minimum Gasteiger partial charge on any atom is -0.387 e. The minimum absolute atomic E-state index is 0.250. The molecule has 0 fully saturated rings. The maximum absolute atomic E-state index is 9.10. The van der Waals surface area contributed by atoms with E-state index >= 15 is 0 Å². The normalized spacial score (nSPS) is 12.8. The average molecular weight is 272 g/mol. The van der Waals surface area contributed by atoms with Gasteiger partial charge in [0.2, 0.25) is 0 Å². The third-order valence-electron chi connectivity index (χ3n) is 2.99. The van der Waals surface area contributed by atoms with Gasteiger partial charge in [-0.15, -0.1) is 6.22 Å². The molecule has 0 aliphatic carbocycles. The molecule has 0 saturated carbocycles. The van der Waals surface area contributed by atoms with E-state index in [2.05, 4.69) is 15.7 Å². The fraction of sp³-hybridized carbons (Fsp3) is 1.00. The lowest BCUT2D eigenvalue weighted by atomic mass is 9.88. The summed E-state index contributed by atoms with van der Waals surface area (Å²) in [4.78, 5) is 0. The Kier molecular flexibility index (Phi) is 10.5. The molecule has 6 heteroatoms. The largest absolute Gasteiger partial charge is 0.387 e. The van der Waals surface area contributed by atoms with E-state index in [-0.39, 0.29) is 6.22 Å². The number of hydrogen-bond acceptors (Lipinski definition) is 4. The third-order valence-corrected chi connectivity index (χ3v) is 2.99. The van der Waals surface area contributed by atoms with Crippen molar-refractivity contribution in [2.45, 2.75) is 84.0 Å². The lowest BCUT2D eigenvalue weighted by Gasteiger charge is -2.31. The Morgan fingerprint density at radius 2 is 0.579 bits per heavy atom. The average Bonchev–Trinajstić information content (AvgIpc) is 1.97. The first-order valence-electron chi connectivity index (χ1n) is 6.21. The van der Waals surface area contributed by atoms with Crippen molar-refractivity contribution in [1.29, 1.82) is 0 Å². The zero-order valence-corrected chi connectivity index (χ0v) is 13.7. The third kappa shape index (κ3) is 14.2. The van der Waals surface area contributed by atoms with Gasteiger partial charge in [-0.3, -0.25) is 0 Å². The molecule has 0 amide bonds. The molecule has 0 rings (SSSR count). The highest BCUT2D eigenvalue weighted by atomic mass is 16.4. The number of rotatable bonds is 2. The van der Waals surface area contributed by atoms with Gasteiger partial charge in [-0.1, -0.05) is 0 Å². The van der Waals surface area contributed by atoms with E-state index in [0.29, 0.717) is 0 Å². The second-order valence-corrected chi connectivity index (χ2v) is 6.47.